The van der Waals surface area contributed by atoms with Crippen molar-refractivity contribution < 1.29 is 14.1 Å². The van der Waals surface area contributed by atoms with E-state index in [1.54, 1.807) is 19.1 Å². The third kappa shape index (κ3) is 4.11. The van der Waals surface area contributed by atoms with E-state index in [1.807, 2.05) is 43.3 Å². The minimum Gasteiger partial charge on any atom is -0.485 e. The van der Waals surface area contributed by atoms with E-state index in [0.29, 0.717) is 23.0 Å². The molecule has 4 aromatic rings. The van der Waals surface area contributed by atoms with Gasteiger partial charge >= 0.3 is 0 Å². The molecule has 1 heterocycles. The zero-order chi connectivity index (χ0) is 20.2. The number of carbonyl (C=O) groups excluding carboxylic acids is 1. The van der Waals surface area contributed by atoms with E-state index in [0.717, 1.165) is 16.3 Å². The van der Waals surface area contributed by atoms with Crippen LogP contribution in [0.1, 0.15) is 40.6 Å². The molecular formula is C23H21N3O3. The average molecular weight is 387 g/mol. The molecule has 0 fully saturated rings. The lowest BCUT2D eigenvalue weighted by Crippen LogP contribution is -2.27. The summed E-state index contributed by atoms with van der Waals surface area (Å²) in [6.45, 7) is 3.82. The van der Waals surface area contributed by atoms with Crippen molar-refractivity contribution in [1.82, 2.24) is 15.5 Å². The van der Waals surface area contributed by atoms with Crippen LogP contribution in [0.5, 0.6) is 5.75 Å². The van der Waals surface area contributed by atoms with E-state index in [-0.39, 0.29) is 18.6 Å². The van der Waals surface area contributed by atoms with Gasteiger partial charge in [-0.3, -0.25) is 4.79 Å². The van der Waals surface area contributed by atoms with Crippen LogP contribution >= 0.6 is 0 Å². The van der Waals surface area contributed by atoms with Crippen LogP contribution in [-0.4, -0.2) is 16.0 Å². The predicted octanol–water partition coefficient (Wildman–Crippen LogP) is 4.60. The van der Waals surface area contributed by atoms with Crippen LogP contribution in [0, 0.1) is 6.92 Å². The summed E-state index contributed by atoms with van der Waals surface area (Å²) in [6, 6.07) is 21.2. The highest BCUT2D eigenvalue weighted by molar-refractivity contribution is 5.97. The number of hydrogen-bond acceptors (Lipinski definition) is 5. The normalized spacial score (nSPS) is 11.9. The molecule has 0 saturated heterocycles. The van der Waals surface area contributed by atoms with Gasteiger partial charge in [-0.25, -0.2) is 0 Å². The summed E-state index contributed by atoms with van der Waals surface area (Å²) in [5.74, 6) is 1.17. The molecule has 0 saturated carbocycles. The first-order valence-electron chi connectivity index (χ1n) is 9.41. The Balaban J connectivity index is 1.52. The van der Waals surface area contributed by atoms with Gasteiger partial charge in [0.1, 0.15) is 5.75 Å². The monoisotopic (exact) mass is 387 g/mol. The van der Waals surface area contributed by atoms with Crippen LogP contribution in [0.4, 0.5) is 0 Å². The molecular weight excluding hydrogens is 366 g/mol. The Morgan fingerprint density at radius 1 is 1.07 bits per heavy atom. The Kier molecular flexibility index (Phi) is 5.24. The molecule has 1 N–H and O–H groups in total. The molecule has 1 aromatic heterocycles. The molecule has 6 heteroatoms. The number of ether oxygens (including phenoxy) is 1. The van der Waals surface area contributed by atoms with Crippen LogP contribution < -0.4 is 10.1 Å². The highest BCUT2D eigenvalue weighted by Gasteiger charge is 2.17. The smallest absolute Gasteiger partial charge is 0.255 e. The van der Waals surface area contributed by atoms with Gasteiger partial charge in [0.2, 0.25) is 11.7 Å². The summed E-state index contributed by atoms with van der Waals surface area (Å²) >= 11 is 0. The number of aryl methyl sites for hydroxylation is 1. The fourth-order valence-electron chi connectivity index (χ4n) is 3.30. The van der Waals surface area contributed by atoms with Crippen molar-refractivity contribution in [3.63, 3.8) is 0 Å². The van der Waals surface area contributed by atoms with Crippen molar-refractivity contribution in [1.29, 1.82) is 0 Å². The Hall–Kier alpha value is -3.67. The third-order valence-corrected chi connectivity index (χ3v) is 4.70. The summed E-state index contributed by atoms with van der Waals surface area (Å²) in [7, 11) is 0. The van der Waals surface area contributed by atoms with Gasteiger partial charge in [-0.1, -0.05) is 59.8 Å². The Morgan fingerprint density at radius 2 is 1.83 bits per heavy atom. The number of hydrogen-bond donors (Lipinski definition) is 1. The van der Waals surface area contributed by atoms with Crippen LogP contribution in [0.2, 0.25) is 0 Å². The van der Waals surface area contributed by atoms with Crippen LogP contribution in [0.15, 0.2) is 71.3 Å². The standard InChI is InChI=1S/C23H21N3O3/c1-15(18-12-7-9-17-8-3-4-10-19(17)18)24-23(27)20-11-5-6-13-21(20)28-14-22-25-16(2)29-26-22/h3-13,15H,14H2,1-2H3,(H,24,27). The van der Waals surface area contributed by atoms with Crippen molar-refractivity contribution in [2.24, 2.45) is 0 Å². The first-order chi connectivity index (χ1) is 14.1. The molecule has 1 amide bonds. The minimum absolute atomic E-state index is 0.126. The molecule has 29 heavy (non-hydrogen) atoms. The minimum atomic E-state index is -0.203. The molecule has 0 radical (unpaired) electrons. The van der Waals surface area contributed by atoms with Crippen molar-refractivity contribution >= 4 is 16.7 Å². The maximum absolute atomic E-state index is 13.0. The largest absolute Gasteiger partial charge is 0.485 e. The molecule has 1 unspecified atom stereocenters. The molecule has 0 aliphatic heterocycles. The van der Waals surface area contributed by atoms with Gasteiger partial charge in [-0.2, -0.15) is 4.98 Å². The maximum Gasteiger partial charge on any atom is 0.255 e. The predicted molar refractivity (Wildman–Crippen MR) is 110 cm³/mol. The maximum atomic E-state index is 13.0. The molecule has 0 aliphatic carbocycles. The second kappa shape index (κ2) is 8.14. The van der Waals surface area contributed by atoms with E-state index in [1.165, 1.54) is 0 Å². The van der Waals surface area contributed by atoms with Crippen molar-refractivity contribution in [2.75, 3.05) is 0 Å². The number of nitrogens with one attached hydrogen (secondary N) is 1. The first-order valence-corrected chi connectivity index (χ1v) is 9.41. The van der Waals surface area contributed by atoms with Gasteiger partial charge in [0, 0.05) is 6.92 Å². The first kappa shape index (κ1) is 18.7. The zero-order valence-corrected chi connectivity index (χ0v) is 16.3. The topological polar surface area (TPSA) is 77.2 Å². The Morgan fingerprint density at radius 3 is 2.66 bits per heavy atom. The number of carbonyl (C=O) groups is 1. The number of benzene rings is 3. The number of aromatic nitrogens is 2. The number of amides is 1. The fourth-order valence-corrected chi connectivity index (χ4v) is 3.30. The van der Waals surface area contributed by atoms with Gasteiger partial charge in [0.15, 0.2) is 6.61 Å². The molecule has 4 rings (SSSR count). The summed E-state index contributed by atoms with van der Waals surface area (Å²) < 4.78 is 10.7. The zero-order valence-electron chi connectivity index (χ0n) is 16.3. The second-order valence-corrected chi connectivity index (χ2v) is 6.78. The average Bonchev–Trinajstić information content (AvgIpc) is 3.17. The van der Waals surface area contributed by atoms with E-state index < -0.39 is 0 Å². The van der Waals surface area contributed by atoms with E-state index in [2.05, 4.69) is 33.7 Å². The quantitative estimate of drug-likeness (QED) is 0.523. The van der Waals surface area contributed by atoms with E-state index in [9.17, 15) is 4.79 Å². The highest BCUT2D eigenvalue weighted by Crippen LogP contribution is 2.25. The Bertz CT molecular complexity index is 1150. The molecule has 1 atom stereocenters. The van der Waals surface area contributed by atoms with Crippen molar-refractivity contribution in [3.05, 3.63) is 89.6 Å². The number of rotatable bonds is 6. The highest BCUT2D eigenvalue weighted by atomic mass is 16.5. The van der Waals surface area contributed by atoms with Gasteiger partial charge in [-0.05, 0) is 35.4 Å². The molecule has 146 valence electrons. The Labute approximate surface area is 168 Å². The molecule has 6 nitrogen and oxygen atoms in total. The molecule has 0 spiro atoms. The summed E-state index contributed by atoms with van der Waals surface area (Å²) in [5.41, 5.74) is 1.52. The van der Waals surface area contributed by atoms with E-state index in [4.69, 9.17) is 9.26 Å². The lowest BCUT2D eigenvalue weighted by atomic mass is 9.99. The third-order valence-electron chi connectivity index (χ3n) is 4.70. The van der Waals surface area contributed by atoms with Gasteiger partial charge in [0.05, 0.1) is 11.6 Å². The molecule has 3 aromatic carbocycles. The van der Waals surface area contributed by atoms with Crippen LogP contribution in [-0.2, 0) is 6.61 Å². The number of nitrogens with zero attached hydrogens (tertiary/aromatic N) is 2. The van der Waals surface area contributed by atoms with Crippen LogP contribution in [0.25, 0.3) is 10.8 Å². The SMILES string of the molecule is Cc1nc(COc2ccccc2C(=O)NC(C)c2cccc3ccccc23)no1. The van der Waals surface area contributed by atoms with Crippen molar-refractivity contribution in [3.8, 4) is 5.75 Å². The second-order valence-electron chi connectivity index (χ2n) is 6.78. The fraction of sp³-hybridized carbons (Fsp3) is 0.174. The number of para-hydroxylation sites is 1. The summed E-state index contributed by atoms with van der Waals surface area (Å²) in [6.07, 6.45) is 0. The summed E-state index contributed by atoms with van der Waals surface area (Å²) in [5, 5.41) is 9.16. The van der Waals surface area contributed by atoms with Gasteiger partial charge in [0.25, 0.3) is 5.91 Å². The lowest BCUT2D eigenvalue weighted by Gasteiger charge is -2.18. The van der Waals surface area contributed by atoms with Gasteiger partial charge < -0.3 is 14.6 Å². The van der Waals surface area contributed by atoms with Crippen molar-refractivity contribution in [2.45, 2.75) is 26.5 Å². The summed E-state index contributed by atoms with van der Waals surface area (Å²) in [4.78, 5) is 17.1. The lowest BCUT2D eigenvalue weighted by molar-refractivity contribution is 0.0935. The molecule has 0 bridgehead atoms. The van der Waals surface area contributed by atoms with Crippen LogP contribution in [0.3, 0.4) is 0 Å². The van der Waals surface area contributed by atoms with E-state index >= 15 is 0 Å². The van der Waals surface area contributed by atoms with Gasteiger partial charge in [-0.15, -0.1) is 0 Å². The molecule has 0 aliphatic rings. The number of fused-ring (bicyclic) bond motifs is 1.